The van der Waals surface area contributed by atoms with E-state index < -0.39 is 6.04 Å². The fourth-order valence-electron chi connectivity index (χ4n) is 5.46. The van der Waals surface area contributed by atoms with E-state index >= 15 is 0 Å². The van der Waals surface area contributed by atoms with Gasteiger partial charge in [-0.3, -0.25) is 0 Å². The highest BCUT2D eigenvalue weighted by atomic mass is 35.5. The van der Waals surface area contributed by atoms with Gasteiger partial charge in [0, 0.05) is 27.1 Å². The van der Waals surface area contributed by atoms with Gasteiger partial charge in [0.05, 0.1) is 5.57 Å². The summed E-state index contributed by atoms with van der Waals surface area (Å²) in [7, 11) is 0. The topological polar surface area (TPSA) is 78.3 Å². The van der Waals surface area contributed by atoms with Crippen LogP contribution >= 0.6 is 35.0 Å². The van der Waals surface area contributed by atoms with Gasteiger partial charge in [0.15, 0.2) is 0 Å². The number of hydrogen-bond donors (Lipinski definition) is 1. The summed E-state index contributed by atoms with van der Waals surface area (Å²) in [5.74, 6) is 1.61. The second kappa shape index (κ2) is 13.5. The van der Waals surface area contributed by atoms with Gasteiger partial charge in [-0.05, 0) is 68.0 Å². The van der Waals surface area contributed by atoms with E-state index in [1.165, 1.54) is 12.0 Å². The number of benzene rings is 3. The van der Waals surface area contributed by atoms with Crippen molar-refractivity contribution in [3.8, 4) is 5.75 Å². The van der Waals surface area contributed by atoms with Crippen LogP contribution in [-0.2, 0) is 21.9 Å². The van der Waals surface area contributed by atoms with Crippen LogP contribution in [0, 0.1) is 0 Å². The average molecular weight is 636 g/mol. The first-order valence-electron chi connectivity index (χ1n) is 14.4. The maximum absolute atomic E-state index is 13.8. The number of anilines is 1. The number of rotatable bonds is 9. The maximum Gasteiger partial charge on any atom is 0.338 e. The zero-order valence-corrected chi connectivity index (χ0v) is 26.1. The van der Waals surface area contributed by atoms with Crippen molar-refractivity contribution in [1.29, 1.82) is 0 Å². The molecule has 3 aromatic carbocycles. The van der Waals surface area contributed by atoms with Gasteiger partial charge in [0.25, 0.3) is 0 Å². The van der Waals surface area contributed by atoms with Crippen LogP contribution in [0.3, 0.4) is 0 Å². The van der Waals surface area contributed by atoms with Crippen molar-refractivity contribution in [2.45, 2.75) is 68.7 Å². The van der Waals surface area contributed by atoms with E-state index in [1.807, 2.05) is 55.5 Å². The summed E-state index contributed by atoms with van der Waals surface area (Å²) in [5.41, 5.74) is 4.05. The minimum atomic E-state index is -0.548. The number of hydrogen-bond acceptors (Lipinski definition) is 7. The normalized spacial score (nSPS) is 16.9. The maximum atomic E-state index is 13.8. The van der Waals surface area contributed by atoms with E-state index in [0.717, 1.165) is 42.6 Å². The fourth-order valence-corrected chi connectivity index (χ4v) is 6.71. The van der Waals surface area contributed by atoms with Crippen molar-refractivity contribution in [1.82, 2.24) is 14.8 Å². The van der Waals surface area contributed by atoms with Gasteiger partial charge < -0.3 is 14.8 Å². The Morgan fingerprint density at radius 3 is 2.63 bits per heavy atom. The second-order valence-corrected chi connectivity index (χ2v) is 12.6. The molecule has 0 spiro atoms. The molecule has 1 aliphatic carbocycles. The molecule has 0 bridgehead atoms. The lowest BCUT2D eigenvalue weighted by Crippen LogP contribution is -2.32. The zero-order valence-electron chi connectivity index (χ0n) is 23.8. The summed E-state index contributed by atoms with van der Waals surface area (Å²) in [6, 6.07) is 22.7. The van der Waals surface area contributed by atoms with E-state index in [9.17, 15) is 4.79 Å². The third kappa shape index (κ3) is 7.03. The third-order valence-corrected chi connectivity index (χ3v) is 9.17. The van der Waals surface area contributed by atoms with E-state index in [4.69, 9.17) is 42.8 Å². The van der Waals surface area contributed by atoms with Gasteiger partial charge in [-0.1, -0.05) is 89.9 Å². The Labute approximate surface area is 265 Å². The monoisotopic (exact) mass is 634 g/mol. The largest absolute Gasteiger partial charge is 0.489 e. The van der Waals surface area contributed by atoms with Crippen LogP contribution in [0.1, 0.15) is 61.8 Å². The highest BCUT2D eigenvalue weighted by Crippen LogP contribution is 2.39. The summed E-state index contributed by atoms with van der Waals surface area (Å²) >= 11 is 14.0. The second-order valence-electron chi connectivity index (χ2n) is 10.8. The molecule has 1 aliphatic heterocycles. The fraction of sp³-hybridized carbons (Fsp3) is 0.303. The molecular weight excluding hydrogens is 603 g/mol. The zero-order chi connectivity index (χ0) is 29.8. The molecule has 0 saturated heterocycles. The molecule has 1 aromatic heterocycles. The van der Waals surface area contributed by atoms with Crippen molar-refractivity contribution in [2.24, 2.45) is 0 Å². The predicted molar refractivity (Wildman–Crippen MR) is 171 cm³/mol. The summed E-state index contributed by atoms with van der Waals surface area (Å²) in [5, 5.41) is 9.93. The lowest BCUT2D eigenvalue weighted by molar-refractivity contribution is -0.146. The molecule has 0 amide bonds. The minimum absolute atomic E-state index is 0.0740. The van der Waals surface area contributed by atoms with Gasteiger partial charge in [-0.2, -0.15) is 4.98 Å². The highest BCUT2D eigenvalue weighted by Gasteiger charge is 2.36. The minimum Gasteiger partial charge on any atom is -0.489 e. The molecule has 1 N–H and O–H groups in total. The third-order valence-electron chi connectivity index (χ3n) is 7.67. The molecule has 2 heterocycles. The van der Waals surface area contributed by atoms with Gasteiger partial charge in [-0.25, -0.2) is 9.48 Å². The van der Waals surface area contributed by atoms with E-state index in [0.29, 0.717) is 38.2 Å². The quantitative estimate of drug-likeness (QED) is 0.146. The first-order chi connectivity index (χ1) is 20.9. The Morgan fingerprint density at radius 1 is 1.02 bits per heavy atom. The molecule has 1 atom stereocenters. The average Bonchev–Trinajstić information content (AvgIpc) is 3.42. The number of thioether (sulfide) groups is 1. The number of carbonyl (C=O) groups is 1. The number of halogens is 2. The van der Waals surface area contributed by atoms with Gasteiger partial charge in [0.1, 0.15) is 24.5 Å². The van der Waals surface area contributed by atoms with Crippen LogP contribution < -0.4 is 10.1 Å². The molecule has 1 saturated carbocycles. The number of carbonyl (C=O) groups excluding carboxylic acids is 1. The number of fused-ring (bicyclic) bond motifs is 1. The number of esters is 1. The van der Waals surface area contributed by atoms with Crippen molar-refractivity contribution in [3.63, 3.8) is 0 Å². The Kier molecular flexibility index (Phi) is 9.26. The van der Waals surface area contributed by atoms with Crippen molar-refractivity contribution < 1.29 is 14.3 Å². The Morgan fingerprint density at radius 2 is 1.84 bits per heavy atom. The van der Waals surface area contributed by atoms with Gasteiger partial charge in [0.2, 0.25) is 11.1 Å². The Balaban J connectivity index is 1.30. The number of allylic oxidation sites excluding steroid dienone is 1. The van der Waals surface area contributed by atoms with Crippen LogP contribution in [0.15, 0.2) is 89.2 Å². The molecule has 0 radical (unpaired) electrons. The van der Waals surface area contributed by atoms with Crippen LogP contribution in [0.25, 0.3) is 0 Å². The van der Waals surface area contributed by atoms with E-state index in [2.05, 4.69) is 17.4 Å². The smallest absolute Gasteiger partial charge is 0.338 e. The molecule has 10 heteroatoms. The van der Waals surface area contributed by atoms with E-state index in [-0.39, 0.29) is 18.7 Å². The van der Waals surface area contributed by atoms with Crippen LogP contribution in [0.4, 0.5) is 5.95 Å². The standard InChI is InChI=1S/C33H32Cl2N4O3S/c1-21-29(31(40)42-26-12-6-3-7-13-26)30(39-32(36-21)37-33(38-39)43-20-22-9-4-2-5-10-22)23-11-8-14-27(17-23)41-19-24-15-16-25(34)18-28(24)35/h2,4-5,8-11,14-18,26,30H,3,6-7,12-13,19-20H2,1H3,(H,36,37,38). The Hall–Kier alpha value is -3.46. The number of ether oxygens (including phenoxy) is 2. The first kappa shape index (κ1) is 29.6. The van der Waals surface area contributed by atoms with Gasteiger partial charge in [-0.15, -0.1) is 5.10 Å². The van der Waals surface area contributed by atoms with Crippen LogP contribution in [-0.4, -0.2) is 26.8 Å². The SMILES string of the molecule is CC1=C(C(=O)OC2CCCCC2)C(c2cccc(OCc3ccc(Cl)cc3Cl)c2)n2nc(SCc3ccccc3)nc2N1. The summed E-state index contributed by atoms with van der Waals surface area (Å²) < 4.78 is 14.0. The first-order valence-corrected chi connectivity index (χ1v) is 16.2. The summed E-state index contributed by atoms with van der Waals surface area (Å²) in [6.07, 6.45) is 5.03. The molecule has 2 aliphatic rings. The number of nitrogens with one attached hydrogen (secondary N) is 1. The van der Waals surface area contributed by atoms with Crippen molar-refractivity contribution in [3.05, 3.63) is 111 Å². The molecule has 1 unspecified atom stereocenters. The lowest BCUT2D eigenvalue weighted by atomic mass is 9.94. The van der Waals surface area contributed by atoms with Crippen molar-refractivity contribution in [2.75, 3.05) is 5.32 Å². The molecule has 43 heavy (non-hydrogen) atoms. The van der Waals surface area contributed by atoms with Crippen molar-refractivity contribution >= 4 is 46.9 Å². The Bertz CT molecular complexity index is 1640. The molecule has 222 valence electrons. The van der Waals surface area contributed by atoms with Gasteiger partial charge >= 0.3 is 5.97 Å². The summed E-state index contributed by atoms with van der Waals surface area (Å²) in [4.78, 5) is 18.6. The molecule has 7 nitrogen and oxygen atoms in total. The molecule has 1 fully saturated rings. The molecular formula is C33H32Cl2N4O3S. The van der Waals surface area contributed by atoms with Crippen LogP contribution in [0.2, 0.25) is 10.0 Å². The summed E-state index contributed by atoms with van der Waals surface area (Å²) in [6.45, 7) is 2.16. The highest BCUT2D eigenvalue weighted by molar-refractivity contribution is 7.98. The number of aromatic nitrogens is 3. The molecule has 4 aromatic rings. The van der Waals surface area contributed by atoms with Crippen LogP contribution in [0.5, 0.6) is 5.75 Å². The lowest BCUT2D eigenvalue weighted by Gasteiger charge is -2.30. The molecule has 6 rings (SSSR count). The number of nitrogens with zero attached hydrogens (tertiary/aromatic N) is 3. The predicted octanol–water partition coefficient (Wildman–Crippen LogP) is 8.62. The van der Waals surface area contributed by atoms with E-state index in [1.54, 1.807) is 28.6 Å².